The van der Waals surface area contributed by atoms with E-state index in [2.05, 4.69) is 15.9 Å². The third kappa shape index (κ3) is 3.11. The number of aliphatic hydroxyl groups is 1. The van der Waals surface area contributed by atoms with Gasteiger partial charge >= 0.3 is 0 Å². The highest BCUT2D eigenvalue weighted by Gasteiger charge is 2.34. The van der Waals surface area contributed by atoms with Gasteiger partial charge in [-0.15, -0.1) is 12.4 Å². The Hall–Kier alpha value is 0.200. The van der Waals surface area contributed by atoms with Gasteiger partial charge in [0.25, 0.3) is 0 Å². The van der Waals surface area contributed by atoms with Gasteiger partial charge in [-0.1, -0.05) is 27.5 Å². The zero-order valence-electron chi connectivity index (χ0n) is 8.57. The first-order valence-corrected chi connectivity index (χ1v) is 6.15. The quantitative estimate of drug-likeness (QED) is 0.895. The Kier molecular flexibility index (Phi) is 5.08. The lowest BCUT2D eigenvalue weighted by atomic mass is 9.99. The molecule has 1 aromatic rings. The minimum absolute atomic E-state index is 0. The number of benzene rings is 1. The second kappa shape index (κ2) is 5.69. The second-order valence-corrected chi connectivity index (χ2v) is 5.31. The summed E-state index contributed by atoms with van der Waals surface area (Å²) in [5, 5.41) is 10.6. The van der Waals surface area contributed by atoms with Gasteiger partial charge in [0.15, 0.2) is 0 Å². The summed E-state index contributed by atoms with van der Waals surface area (Å²) in [7, 11) is 0. The molecule has 2 rings (SSSR count). The first-order valence-electron chi connectivity index (χ1n) is 4.98. The van der Waals surface area contributed by atoms with Crippen LogP contribution >= 0.6 is 39.9 Å². The first-order chi connectivity index (χ1) is 7.09. The van der Waals surface area contributed by atoms with Crippen LogP contribution in [-0.2, 0) is 0 Å². The normalized spacial score (nSPS) is 18.8. The number of halogens is 3. The maximum atomic E-state index is 9.94. The summed E-state index contributed by atoms with van der Waals surface area (Å²) < 4.78 is 0.902. The van der Waals surface area contributed by atoms with Gasteiger partial charge in [0.05, 0.1) is 12.1 Å². The van der Waals surface area contributed by atoms with Gasteiger partial charge in [-0.3, -0.25) is 0 Å². The van der Waals surface area contributed by atoms with Gasteiger partial charge in [0.2, 0.25) is 0 Å². The van der Waals surface area contributed by atoms with Crippen molar-refractivity contribution in [1.82, 2.24) is 0 Å². The molecule has 0 spiro atoms. The SMILES string of the molecule is Cl.N[C@@H](c1cc(Cl)ccc1Br)[C@H](O)C1CC1. The van der Waals surface area contributed by atoms with E-state index in [-0.39, 0.29) is 18.4 Å². The Morgan fingerprint density at radius 3 is 2.62 bits per heavy atom. The van der Waals surface area contributed by atoms with E-state index < -0.39 is 6.10 Å². The van der Waals surface area contributed by atoms with Crippen molar-refractivity contribution < 1.29 is 5.11 Å². The Morgan fingerprint density at radius 1 is 1.44 bits per heavy atom. The molecule has 16 heavy (non-hydrogen) atoms. The van der Waals surface area contributed by atoms with Crippen LogP contribution in [0.3, 0.4) is 0 Å². The molecular formula is C11H14BrCl2NO. The van der Waals surface area contributed by atoms with E-state index in [0.29, 0.717) is 10.9 Å². The lowest BCUT2D eigenvalue weighted by molar-refractivity contribution is 0.122. The molecule has 5 heteroatoms. The lowest BCUT2D eigenvalue weighted by Crippen LogP contribution is -2.28. The minimum Gasteiger partial charge on any atom is -0.391 e. The van der Waals surface area contributed by atoms with E-state index in [1.54, 1.807) is 6.07 Å². The second-order valence-electron chi connectivity index (χ2n) is 4.02. The third-order valence-electron chi connectivity index (χ3n) is 2.79. The van der Waals surface area contributed by atoms with Gasteiger partial charge in [0.1, 0.15) is 0 Å². The van der Waals surface area contributed by atoms with Crippen LogP contribution in [0.1, 0.15) is 24.4 Å². The molecule has 0 aliphatic heterocycles. The monoisotopic (exact) mass is 325 g/mol. The molecular weight excluding hydrogens is 313 g/mol. The average Bonchev–Trinajstić information content (AvgIpc) is 3.03. The molecule has 1 aromatic carbocycles. The predicted molar refractivity (Wildman–Crippen MR) is 72.1 cm³/mol. The average molecular weight is 327 g/mol. The van der Waals surface area contributed by atoms with Crippen molar-refractivity contribution in [2.75, 3.05) is 0 Å². The van der Waals surface area contributed by atoms with E-state index in [1.807, 2.05) is 12.1 Å². The maximum Gasteiger partial charge on any atom is 0.0761 e. The number of hydrogen-bond acceptors (Lipinski definition) is 2. The molecule has 0 radical (unpaired) electrons. The molecule has 1 aliphatic carbocycles. The minimum atomic E-state index is -0.459. The summed E-state index contributed by atoms with van der Waals surface area (Å²) in [6.07, 6.45) is 1.69. The van der Waals surface area contributed by atoms with E-state index >= 15 is 0 Å². The van der Waals surface area contributed by atoms with Crippen molar-refractivity contribution in [3.63, 3.8) is 0 Å². The Balaban J connectivity index is 0.00000128. The van der Waals surface area contributed by atoms with Crippen LogP contribution in [0.5, 0.6) is 0 Å². The Morgan fingerprint density at radius 2 is 2.06 bits per heavy atom. The Labute approximate surface area is 115 Å². The van der Waals surface area contributed by atoms with Gasteiger partial charge in [-0.2, -0.15) is 0 Å². The third-order valence-corrected chi connectivity index (χ3v) is 3.75. The van der Waals surface area contributed by atoms with Gasteiger partial charge in [-0.25, -0.2) is 0 Å². The number of rotatable bonds is 3. The summed E-state index contributed by atoms with van der Waals surface area (Å²) >= 11 is 9.32. The fourth-order valence-corrected chi connectivity index (χ4v) is 2.38. The molecule has 90 valence electrons. The standard InChI is InChI=1S/C11H13BrClNO.ClH/c12-9-4-3-7(13)5-8(9)10(14)11(15)6-1-2-6;/h3-6,10-11,15H,1-2,14H2;1H/t10-,11+;/m0./s1. The van der Waals surface area contributed by atoms with Crippen molar-refractivity contribution in [3.05, 3.63) is 33.3 Å². The smallest absolute Gasteiger partial charge is 0.0761 e. The molecule has 0 aromatic heterocycles. The summed E-state index contributed by atoms with van der Waals surface area (Å²) in [4.78, 5) is 0. The van der Waals surface area contributed by atoms with Crippen LogP contribution in [-0.4, -0.2) is 11.2 Å². The number of aliphatic hydroxyl groups excluding tert-OH is 1. The van der Waals surface area contributed by atoms with E-state index in [0.717, 1.165) is 22.9 Å². The van der Waals surface area contributed by atoms with Crippen LogP contribution in [0, 0.1) is 5.92 Å². The van der Waals surface area contributed by atoms with Crippen molar-refractivity contribution in [3.8, 4) is 0 Å². The molecule has 3 N–H and O–H groups in total. The molecule has 0 saturated heterocycles. The topological polar surface area (TPSA) is 46.2 Å². The summed E-state index contributed by atoms with van der Waals surface area (Å²) in [5.74, 6) is 0.367. The highest BCUT2D eigenvalue weighted by atomic mass is 79.9. The lowest BCUT2D eigenvalue weighted by Gasteiger charge is -2.20. The highest BCUT2D eigenvalue weighted by Crippen LogP contribution is 2.38. The molecule has 2 nitrogen and oxygen atoms in total. The van der Waals surface area contributed by atoms with E-state index in [9.17, 15) is 5.11 Å². The molecule has 1 fully saturated rings. The van der Waals surface area contributed by atoms with Crippen molar-refractivity contribution in [2.24, 2.45) is 11.7 Å². The fourth-order valence-electron chi connectivity index (χ4n) is 1.68. The molecule has 1 aliphatic rings. The summed E-state index contributed by atoms with van der Waals surface area (Å²) in [5.41, 5.74) is 6.89. The van der Waals surface area contributed by atoms with E-state index in [1.165, 1.54) is 0 Å². The molecule has 0 bridgehead atoms. The molecule has 0 amide bonds. The highest BCUT2D eigenvalue weighted by molar-refractivity contribution is 9.10. The van der Waals surface area contributed by atoms with Crippen LogP contribution < -0.4 is 5.73 Å². The first kappa shape index (κ1) is 14.3. The van der Waals surface area contributed by atoms with Crippen LogP contribution in [0.25, 0.3) is 0 Å². The summed E-state index contributed by atoms with van der Waals surface area (Å²) in [6, 6.07) is 5.11. The molecule has 0 unspecified atom stereocenters. The van der Waals surface area contributed by atoms with Gasteiger partial charge in [0, 0.05) is 9.50 Å². The zero-order chi connectivity index (χ0) is 11.0. The number of hydrogen-bond donors (Lipinski definition) is 2. The van der Waals surface area contributed by atoms with Crippen LogP contribution in [0.15, 0.2) is 22.7 Å². The van der Waals surface area contributed by atoms with E-state index in [4.69, 9.17) is 17.3 Å². The molecule has 0 heterocycles. The summed E-state index contributed by atoms with van der Waals surface area (Å²) in [6.45, 7) is 0. The Bertz CT molecular complexity index is 371. The predicted octanol–water partition coefficient (Wildman–Crippen LogP) is 3.30. The maximum absolute atomic E-state index is 9.94. The molecule has 2 atom stereocenters. The van der Waals surface area contributed by atoms with Crippen LogP contribution in [0.2, 0.25) is 5.02 Å². The van der Waals surface area contributed by atoms with Gasteiger partial charge < -0.3 is 10.8 Å². The van der Waals surface area contributed by atoms with Crippen molar-refractivity contribution in [2.45, 2.75) is 25.0 Å². The van der Waals surface area contributed by atoms with Crippen molar-refractivity contribution >= 4 is 39.9 Å². The van der Waals surface area contributed by atoms with Crippen molar-refractivity contribution in [1.29, 1.82) is 0 Å². The fraction of sp³-hybridized carbons (Fsp3) is 0.455. The number of nitrogens with two attached hydrogens (primary N) is 1. The van der Waals surface area contributed by atoms with Crippen LogP contribution in [0.4, 0.5) is 0 Å². The molecule has 1 saturated carbocycles. The van der Waals surface area contributed by atoms with Gasteiger partial charge in [-0.05, 0) is 42.5 Å². The largest absolute Gasteiger partial charge is 0.391 e. The zero-order valence-corrected chi connectivity index (χ0v) is 11.7.